The summed E-state index contributed by atoms with van der Waals surface area (Å²) in [7, 11) is 0. The molecule has 1 atom stereocenters. The molecule has 0 aromatic heterocycles. The van der Waals surface area contributed by atoms with Gasteiger partial charge >= 0.3 is 5.97 Å². The molecule has 1 saturated carbocycles. The quantitative estimate of drug-likeness (QED) is 0.738. The molecule has 0 aliphatic heterocycles. The molecule has 0 aromatic carbocycles. The van der Waals surface area contributed by atoms with Crippen LogP contribution in [0.2, 0.25) is 0 Å². The minimum atomic E-state index is -0.689. The number of hydrogen-bond acceptors (Lipinski definition) is 1. The van der Waals surface area contributed by atoms with Crippen LogP contribution in [0.15, 0.2) is 0 Å². The lowest BCUT2D eigenvalue weighted by Gasteiger charge is -2.29. The van der Waals surface area contributed by atoms with Crippen LogP contribution in [0, 0.1) is 17.8 Å². The Labute approximate surface area is 78.1 Å². The summed E-state index contributed by atoms with van der Waals surface area (Å²) >= 11 is 0. The van der Waals surface area contributed by atoms with Gasteiger partial charge in [-0.3, -0.25) is 9.18 Å². The largest absolute Gasteiger partial charge is 0.481 e. The zero-order chi connectivity index (χ0) is 9.84. The number of carboxylic acid groups (broad SMARTS) is 1. The molecule has 3 heteroatoms. The molecule has 1 fully saturated rings. The van der Waals surface area contributed by atoms with Crippen LogP contribution in [0.4, 0.5) is 4.39 Å². The van der Waals surface area contributed by atoms with E-state index in [9.17, 15) is 9.18 Å². The van der Waals surface area contributed by atoms with Crippen LogP contribution in [0.3, 0.4) is 0 Å². The number of alkyl halides is 1. The Morgan fingerprint density at radius 1 is 1.46 bits per heavy atom. The molecule has 0 aromatic rings. The minimum absolute atomic E-state index is 0.106. The van der Waals surface area contributed by atoms with E-state index in [1.54, 1.807) is 0 Å². The highest BCUT2D eigenvalue weighted by atomic mass is 19.1. The second-order valence-electron chi connectivity index (χ2n) is 4.08. The first kappa shape index (κ1) is 10.5. The number of aliphatic carboxylic acids is 1. The van der Waals surface area contributed by atoms with Gasteiger partial charge in [0.2, 0.25) is 0 Å². The van der Waals surface area contributed by atoms with Crippen molar-refractivity contribution in [1.82, 2.24) is 0 Å². The Hall–Kier alpha value is -0.600. The van der Waals surface area contributed by atoms with Crippen molar-refractivity contribution >= 4 is 5.97 Å². The second kappa shape index (κ2) is 4.58. The van der Waals surface area contributed by atoms with E-state index in [2.05, 4.69) is 0 Å². The van der Waals surface area contributed by atoms with Crippen molar-refractivity contribution in [2.75, 3.05) is 6.67 Å². The van der Waals surface area contributed by atoms with Crippen LogP contribution >= 0.6 is 0 Å². The Bertz CT molecular complexity index is 174. The normalized spacial score (nSPS) is 31.2. The summed E-state index contributed by atoms with van der Waals surface area (Å²) in [6, 6.07) is 0. The van der Waals surface area contributed by atoms with Crippen molar-refractivity contribution in [3.8, 4) is 0 Å². The highest BCUT2D eigenvalue weighted by molar-refractivity contribution is 5.69. The average molecular weight is 188 g/mol. The van der Waals surface area contributed by atoms with Crippen LogP contribution in [0.25, 0.3) is 0 Å². The topological polar surface area (TPSA) is 37.3 Å². The van der Waals surface area contributed by atoms with Crippen LogP contribution in [-0.2, 0) is 4.79 Å². The maximum absolute atomic E-state index is 12.3. The molecule has 0 amide bonds. The first-order valence-corrected chi connectivity index (χ1v) is 4.94. The summed E-state index contributed by atoms with van der Waals surface area (Å²) in [5.41, 5.74) is 0. The number of rotatable bonds is 3. The highest BCUT2D eigenvalue weighted by Gasteiger charge is 2.28. The van der Waals surface area contributed by atoms with E-state index in [1.165, 1.54) is 0 Å². The Balaban J connectivity index is 2.34. The summed E-state index contributed by atoms with van der Waals surface area (Å²) in [6.07, 6.45) is 3.21. The minimum Gasteiger partial charge on any atom is -0.481 e. The third kappa shape index (κ3) is 2.68. The molecule has 0 spiro atoms. The van der Waals surface area contributed by atoms with Crippen molar-refractivity contribution in [1.29, 1.82) is 0 Å². The fraction of sp³-hybridized carbons (Fsp3) is 0.900. The van der Waals surface area contributed by atoms with Crippen LogP contribution in [-0.4, -0.2) is 17.8 Å². The Morgan fingerprint density at radius 2 is 2.00 bits per heavy atom. The molecular formula is C10H17FO2. The van der Waals surface area contributed by atoms with Crippen molar-refractivity contribution in [3.63, 3.8) is 0 Å². The van der Waals surface area contributed by atoms with Crippen molar-refractivity contribution in [2.24, 2.45) is 17.8 Å². The molecule has 0 bridgehead atoms. The summed E-state index contributed by atoms with van der Waals surface area (Å²) < 4.78 is 12.3. The summed E-state index contributed by atoms with van der Waals surface area (Å²) in [5, 5.41) is 8.75. The first-order valence-electron chi connectivity index (χ1n) is 4.94. The molecule has 1 rings (SSSR count). The molecule has 0 radical (unpaired) electrons. The van der Waals surface area contributed by atoms with Gasteiger partial charge < -0.3 is 5.11 Å². The van der Waals surface area contributed by atoms with Gasteiger partial charge in [-0.05, 0) is 37.5 Å². The van der Waals surface area contributed by atoms with E-state index < -0.39 is 5.97 Å². The lowest BCUT2D eigenvalue weighted by molar-refractivity contribution is -0.143. The Kier molecular flexibility index (Phi) is 3.70. The molecule has 13 heavy (non-hydrogen) atoms. The number of carboxylic acids is 1. The average Bonchev–Trinajstić information content (AvgIpc) is 2.17. The molecule has 1 aliphatic rings. The zero-order valence-electron chi connectivity index (χ0n) is 8.00. The second-order valence-corrected chi connectivity index (χ2v) is 4.08. The van der Waals surface area contributed by atoms with Crippen molar-refractivity contribution in [3.05, 3.63) is 0 Å². The van der Waals surface area contributed by atoms with E-state index in [0.29, 0.717) is 5.92 Å². The van der Waals surface area contributed by atoms with Gasteiger partial charge in [-0.2, -0.15) is 0 Å². The van der Waals surface area contributed by atoms with Gasteiger partial charge in [0.15, 0.2) is 0 Å². The third-order valence-corrected chi connectivity index (χ3v) is 3.17. The van der Waals surface area contributed by atoms with Gasteiger partial charge in [-0.25, -0.2) is 0 Å². The lowest BCUT2D eigenvalue weighted by Crippen LogP contribution is -2.25. The van der Waals surface area contributed by atoms with Gasteiger partial charge in [0, 0.05) is 0 Å². The van der Waals surface area contributed by atoms with Gasteiger partial charge in [0.25, 0.3) is 0 Å². The molecule has 0 saturated heterocycles. The maximum atomic E-state index is 12.3. The van der Waals surface area contributed by atoms with E-state index in [1.807, 2.05) is 6.92 Å². The fourth-order valence-corrected chi connectivity index (χ4v) is 2.06. The molecule has 2 nitrogen and oxygen atoms in total. The van der Waals surface area contributed by atoms with Gasteiger partial charge in [0.1, 0.15) is 0 Å². The monoisotopic (exact) mass is 188 g/mol. The van der Waals surface area contributed by atoms with Crippen molar-refractivity contribution in [2.45, 2.75) is 32.6 Å². The summed E-state index contributed by atoms with van der Waals surface area (Å²) in [6.45, 7) is 1.63. The van der Waals surface area contributed by atoms with E-state index in [4.69, 9.17) is 5.11 Å². The summed E-state index contributed by atoms with van der Waals surface area (Å²) in [5.74, 6) is -0.357. The molecule has 0 heterocycles. The van der Waals surface area contributed by atoms with E-state index in [0.717, 1.165) is 25.7 Å². The summed E-state index contributed by atoms with van der Waals surface area (Å²) in [4.78, 5) is 10.6. The molecule has 0 unspecified atom stereocenters. The number of hydrogen-bond donors (Lipinski definition) is 1. The lowest BCUT2D eigenvalue weighted by atomic mass is 9.77. The first-order chi connectivity index (χ1) is 6.15. The third-order valence-electron chi connectivity index (χ3n) is 3.17. The van der Waals surface area contributed by atoms with Crippen LogP contribution < -0.4 is 0 Å². The zero-order valence-corrected chi connectivity index (χ0v) is 8.00. The van der Waals surface area contributed by atoms with Gasteiger partial charge in [-0.1, -0.05) is 6.92 Å². The fourth-order valence-electron chi connectivity index (χ4n) is 2.06. The van der Waals surface area contributed by atoms with Gasteiger partial charge in [-0.15, -0.1) is 0 Å². The van der Waals surface area contributed by atoms with Crippen LogP contribution in [0.1, 0.15) is 32.6 Å². The number of halogens is 1. The Morgan fingerprint density at radius 3 is 2.38 bits per heavy atom. The predicted octanol–water partition coefficient (Wildman–Crippen LogP) is 2.48. The standard InChI is InChI=1S/C10H17FO2/c1-7(6-11)8-2-4-9(5-3-8)10(12)13/h7-9H,2-6H2,1H3,(H,12,13)/t7-,8-,9-/m0/s1. The predicted molar refractivity (Wildman–Crippen MR) is 48.2 cm³/mol. The highest BCUT2D eigenvalue weighted by Crippen LogP contribution is 2.33. The molecular weight excluding hydrogens is 171 g/mol. The van der Waals surface area contributed by atoms with Crippen LogP contribution in [0.5, 0.6) is 0 Å². The van der Waals surface area contributed by atoms with E-state index in [-0.39, 0.29) is 18.5 Å². The number of carbonyl (C=O) groups is 1. The van der Waals surface area contributed by atoms with E-state index >= 15 is 0 Å². The molecule has 1 N–H and O–H groups in total. The smallest absolute Gasteiger partial charge is 0.306 e. The van der Waals surface area contributed by atoms with Gasteiger partial charge in [0.05, 0.1) is 12.6 Å². The molecule has 76 valence electrons. The maximum Gasteiger partial charge on any atom is 0.306 e. The van der Waals surface area contributed by atoms with Crippen molar-refractivity contribution < 1.29 is 14.3 Å². The SMILES string of the molecule is C[C@@H](CF)[C@H]1CC[C@H](C(=O)O)CC1. The molecule has 1 aliphatic carbocycles.